The summed E-state index contributed by atoms with van der Waals surface area (Å²) in [6.45, 7) is 9.50. The molecule has 0 bridgehead atoms. The molecule has 3 fully saturated rings. The van der Waals surface area contributed by atoms with Crippen molar-refractivity contribution in [2.24, 2.45) is 11.3 Å². The molecule has 33 heavy (non-hydrogen) atoms. The first-order valence-corrected chi connectivity index (χ1v) is 13.8. The number of anilines is 1. The quantitative estimate of drug-likeness (QED) is 0.605. The molecule has 1 spiro atoms. The van der Waals surface area contributed by atoms with E-state index in [1.54, 1.807) is 21.3 Å². The van der Waals surface area contributed by atoms with Gasteiger partial charge >= 0.3 is 0 Å². The van der Waals surface area contributed by atoms with Crippen LogP contribution < -0.4 is 4.90 Å². The van der Waals surface area contributed by atoms with E-state index in [9.17, 15) is 17.2 Å². The lowest BCUT2D eigenvalue weighted by Gasteiger charge is -2.46. The lowest BCUT2D eigenvalue weighted by atomic mass is 9.71. The molecule has 0 unspecified atom stereocenters. The van der Waals surface area contributed by atoms with Gasteiger partial charge in [0.15, 0.2) is 0 Å². The second-order valence-electron chi connectivity index (χ2n) is 10.6. The number of alkyl halides is 2. The van der Waals surface area contributed by atoms with Gasteiger partial charge in [0.2, 0.25) is 10.0 Å². The molecule has 3 aliphatic rings. The molecular weight excluding hydrogens is 446 g/mol. The number of hydrogen-bond acceptors (Lipinski definition) is 5. The molecule has 4 rings (SSSR count). The minimum Gasteiger partial charge on any atom is -0.356 e. The molecule has 3 saturated heterocycles. The van der Waals surface area contributed by atoms with Crippen LogP contribution in [-0.4, -0.2) is 74.3 Å². The third kappa shape index (κ3) is 5.85. The summed E-state index contributed by atoms with van der Waals surface area (Å²) in [5.74, 6) is -1.33. The normalized spacial score (nSPS) is 24.5. The molecule has 0 radical (unpaired) electrons. The Balaban J connectivity index is 1.31. The first kappa shape index (κ1) is 24.8. The highest BCUT2D eigenvalue weighted by Gasteiger charge is 2.40. The number of aromatic nitrogens is 1. The predicted molar refractivity (Wildman–Crippen MR) is 126 cm³/mol. The largest absolute Gasteiger partial charge is 0.356 e. The highest BCUT2D eigenvalue weighted by molar-refractivity contribution is 7.89. The first-order chi connectivity index (χ1) is 15.6. The van der Waals surface area contributed by atoms with Crippen LogP contribution in [0.25, 0.3) is 0 Å². The van der Waals surface area contributed by atoms with Crippen LogP contribution in [0.4, 0.5) is 14.6 Å². The molecule has 0 saturated carbocycles. The summed E-state index contributed by atoms with van der Waals surface area (Å²) in [7, 11) is -3.59. The zero-order chi connectivity index (χ0) is 23.7. The van der Waals surface area contributed by atoms with Crippen molar-refractivity contribution in [1.82, 2.24) is 14.2 Å². The summed E-state index contributed by atoms with van der Waals surface area (Å²) in [4.78, 5) is 8.85. The SMILES string of the molecule is CC(C)CCN1CCC2(CC1)CCN(S(=O)(=O)c1ccc(N3CCC(F)(F)CC3)nc1)CC2. The van der Waals surface area contributed by atoms with E-state index in [1.807, 2.05) is 0 Å². The van der Waals surface area contributed by atoms with Gasteiger partial charge in [-0.2, -0.15) is 4.31 Å². The maximum Gasteiger partial charge on any atom is 0.251 e. The van der Waals surface area contributed by atoms with E-state index >= 15 is 0 Å². The van der Waals surface area contributed by atoms with Crippen LogP contribution in [0.2, 0.25) is 0 Å². The summed E-state index contributed by atoms with van der Waals surface area (Å²) in [5.41, 5.74) is 0.277. The van der Waals surface area contributed by atoms with E-state index in [4.69, 9.17) is 0 Å². The molecule has 4 heterocycles. The predicted octanol–water partition coefficient (Wildman–Crippen LogP) is 4.23. The van der Waals surface area contributed by atoms with Gasteiger partial charge in [-0.15, -0.1) is 0 Å². The fraction of sp³-hybridized carbons (Fsp3) is 0.792. The second-order valence-corrected chi connectivity index (χ2v) is 12.6. The van der Waals surface area contributed by atoms with Crippen molar-refractivity contribution >= 4 is 15.8 Å². The minimum absolute atomic E-state index is 0.188. The van der Waals surface area contributed by atoms with Gasteiger partial charge in [0.1, 0.15) is 10.7 Å². The summed E-state index contributed by atoms with van der Waals surface area (Å²) < 4.78 is 54.8. The smallest absolute Gasteiger partial charge is 0.251 e. The molecule has 0 amide bonds. The minimum atomic E-state index is -3.59. The highest BCUT2D eigenvalue weighted by Crippen LogP contribution is 2.42. The van der Waals surface area contributed by atoms with Crippen LogP contribution in [0, 0.1) is 11.3 Å². The van der Waals surface area contributed by atoms with E-state index in [-0.39, 0.29) is 36.2 Å². The van der Waals surface area contributed by atoms with Gasteiger partial charge in [-0.25, -0.2) is 22.2 Å². The van der Waals surface area contributed by atoms with Crippen molar-refractivity contribution in [3.05, 3.63) is 18.3 Å². The van der Waals surface area contributed by atoms with Crippen LogP contribution >= 0.6 is 0 Å². The van der Waals surface area contributed by atoms with Crippen LogP contribution in [0.5, 0.6) is 0 Å². The lowest BCUT2D eigenvalue weighted by Crippen LogP contribution is -2.48. The van der Waals surface area contributed by atoms with Crippen LogP contribution in [0.15, 0.2) is 23.2 Å². The van der Waals surface area contributed by atoms with Crippen LogP contribution in [0.3, 0.4) is 0 Å². The Hall–Kier alpha value is -1.32. The molecule has 1 aromatic heterocycles. The van der Waals surface area contributed by atoms with Gasteiger partial charge in [-0.1, -0.05) is 13.8 Å². The van der Waals surface area contributed by atoms with Gasteiger partial charge in [-0.3, -0.25) is 0 Å². The van der Waals surface area contributed by atoms with E-state index in [0.29, 0.717) is 18.9 Å². The maximum absolute atomic E-state index is 13.4. The molecule has 0 N–H and O–H groups in total. The average molecular weight is 485 g/mol. The van der Waals surface area contributed by atoms with Crippen LogP contribution in [-0.2, 0) is 10.0 Å². The van der Waals surface area contributed by atoms with Crippen molar-refractivity contribution in [3.63, 3.8) is 0 Å². The van der Waals surface area contributed by atoms with Gasteiger partial charge in [-0.05, 0) is 75.2 Å². The van der Waals surface area contributed by atoms with Gasteiger partial charge in [0.05, 0.1) is 0 Å². The molecule has 186 valence electrons. The van der Waals surface area contributed by atoms with E-state index < -0.39 is 15.9 Å². The molecule has 3 aliphatic heterocycles. The molecule has 0 aliphatic carbocycles. The Morgan fingerprint density at radius 2 is 1.55 bits per heavy atom. The summed E-state index contributed by atoms with van der Waals surface area (Å²) in [5, 5.41) is 0. The van der Waals surface area contributed by atoms with Crippen molar-refractivity contribution < 1.29 is 17.2 Å². The van der Waals surface area contributed by atoms with E-state index in [0.717, 1.165) is 51.2 Å². The molecular formula is C24H38F2N4O2S. The third-order valence-electron chi connectivity index (χ3n) is 7.90. The second kappa shape index (κ2) is 9.74. The number of hydrogen-bond donors (Lipinski definition) is 0. The van der Waals surface area contributed by atoms with E-state index in [2.05, 4.69) is 23.7 Å². The van der Waals surface area contributed by atoms with Gasteiger partial charge in [0.25, 0.3) is 5.92 Å². The number of pyridine rings is 1. The fourth-order valence-electron chi connectivity index (χ4n) is 5.32. The number of nitrogens with zero attached hydrogens (tertiary/aromatic N) is 4. The Labute approximate surface area is 197 Å². The molecule has 6 nitrogen and oxygen atoms in total. The number of halogens is 2. The number of sulfonamides is 1. The summed E-state index contributed by atoms with van der Waals surface area (Å²) in [6, 6.07) is 3.22. The third-order valence-corrected chi connectivity index (χ3v) is 9.78. The standard InChI is InChI=1S/C24H38F2N4O2S/c1-20(2)5-12-28-13-6-23(7-14-28)8-17-30(18-9-23)33(31,32)21-3-4-22(27-19-21)29-15-10-24(25,26)11-16-29/h3-4,19-20H,5-18H2,1-2H3. The topological polar surface area (TPSA) is 56.8 Å². The molecule has 0 atom stereocenters. The zero-order valence-electron chi connectivity index (χ0n) is 20.0. The van der Waals surface area contributed by atoms with Crippen molar-refractivity contribution in [2.75, 3.05) is 50.7 Å². The lowest BCUT2D eigenvalue weighted by molar-refractivity contribution is -0.0221. The highest BCUT2D eigenvalue weighted by atomic mass is 32.2. The summed E-state index contributed by atoms with van der Waals surface area (Å²) in [6.07, 6.45) is 6.37. The Kier molecular flexibility index (Phi) is 7.32. The van der Waals surface area contributed by atoms with Crippen LogP contribution in [0.1, 0.15) is 58.8 Å². The molecule has 9 heteroatoms. The monoisotopic (exact) mass is 484 g/mol. The fourth-order valence-corrected chi connectivity index (χ4v) is 6.70. The Bertz CT molecular complexity index is 880. The number of likely N-dealkylation sites (tertiary alicyclic amines) is 1. The molecule has 1 aromatic rings. The number of piperidine rings is 3. The Morgan fingerprint density at radius 3 is 2.09 bits per heavy atom. The Morgan fingerprint density at radius 1 is 0.939 bits per heavy atom. The first-order valence-electron chi connectivity index (χ1n) is 12.4. The van der Waals surface area contributed by atoms with E-state index in [1.165, 1.54) is 12.6 Å². The summed E-state index contributed by atoms with van der Waals surface area (Å²) >= 11 is 0. The molecule has 0 aromatic carbocycles. The zero-order valence-corrected chi connectivity index (χ0v) is 20.8. The maximum atomic E-state index is 13.4. The average Bonchev–Trinajstić information content (AvgIpc) is 2.79. The van der Waals surface area contributed by atoms with Gasteiger partial charge in [0, 0.05) is 45.2 Å². The number of rotatable bonds is 6. The van der Waals surface area contributed by atoms with Crippen molar-refractivity contribution in [1.29, 1.82) is 0 Å². The van der Waals surface area contributed by atoms with Crippen molar-refractivity contribution in [3.8, 4) is 0 Å². The van der Waals surface area contributed by atoms with Crippen molar-refractivity contribution in [2.45, 2.75) is 69.6 Å². The van der Waals surface area contributed by atoms with Gasteiger partial charge < -0.3 is 9.80 Å².